The maximum absolute atomic E-state index is 11.1. The molecule has 0 radical (unpaired) electrons. The van der Waals surface area contributed by atoms with Crippen LogP contribution in [0.4, 0.5) is 0 Å². The molecule has 1 amide bonds. The molecule has 0 atom stereocenters. The molecule has 16 heavy (non-hydrogen) atoms. The number of rotatable bonds is 4. The number of carbonyl (C=O) groups is 2. The van der Waals surface area contributed by atoms with Crippen molar-refractivity contribution in [2.75, 3.05) is 5.75 Å². The third-order valence-corrected chi connectivity index (χ3v) is 3.46. The van der Waals surface area contributed by atoms with Gasteiger partial charge >= 0.3 is 0 Å². The summed E-state index contributed by atoms with van der Waals surface area (Å²) in [6, 6.07) is 3.55. The fraction of sp³-hybridized carbons (Fsp3) is 0.200. The fourth-order valence-electron chi connectivity index (χ4n) is 0.965. The van der Waals surface area contributed by atoms with Gasteiger partial charge in [0.1, 0.15) is 0 Å². The molecular weight excluding hydrogens is 244 g/mol. The second-order valence-electron chi connectivity index (χ2n) is 2.88. The number of thiophene rings is 1. The van der Waals surface area contributed by atoms with Crippen LogP contribution in [0.1, 0.15) is 21.5 Å². The largest absolute Gasteiger partial charge is 0.289 e. The van der Waals surface area contributed by atoms with Crippen molar-refractivity contribution in [3.8, 4) is 0 Å². The predicted molar refractivity (Wildman–Crippen MR) is 68.1 cm³/mol. The normalized spacial score (nSPS) is 10.6. The van der Waals surface area contributed by atoms with Gasteiger partial charge in [0.25, 0.3) is 5.91 Å². The van der Waals surface area contributed by atoms with Crippen LogP contribution in [0.15, 0.2) is 18.2 Å². The van der Waals surface area contributed by atoms with Gasteiger partial charge < -0.3 is 0 Å². The Hall–Kier alpha value is -1.11. The molecule has 0 aliphatic heterocycles. The topological polar surface area (TPSA) is 72.2 Å². The number of hydrazine groups is 1. The highest BCUT2D eigenvalue weighted by atomic mass is 32.2. The lowest BCUT2D eigenvalue weighted by Crippen LogP contribution is -2.29. The SMILES string of the molecule is CC(=O)SCC=Cc1ccc(C(=O)NN)s1. The van der Waals surface area contributed by atoms with Crippen molar-refractivity contribution < 1.29 is 9.59 Å². The summed E-state index contributed by atoms with van der Waals surface area (Å²) in [6.45, 7) is 1.54. The quantitative estimate of drug-likeness (QED) is 0.488. The van der Waals surface area contributed by atoms with Gasteiger partial charge in [0, 0.05) is 17.6 Å². The Labute approximate surface area is 102 Å². The molecule has 0 spiro atoms. The van der Waals surface area contributed by atoms with Gasteiger partial charge in [-0.2, -0.15) is 0 Å². The molecule has 0 aliphatic carbocycles. The first-order valence-electron chi connectivity index (χ1n) is 4.54. The van der Waals surface area contributed by atoms with E-state index in [2.05, 4.69) is 5.43 Å². The van der Waals surface area contributed by atoms with Crippen LogP contribution in [0.2, 0.25) is 0 Å². The minimum Gasteiger partial charge on any atom is -0.289 e. The monoisotopic (exact) mass is 256 g/mol. The zero-order valence-electron chi connectivity index (χ0n) is 8.73. The molecule has 4 nitrogen and oxygen atoms in total. The molecule has 0 fully saturated rings. The molecular formula is C10H12N2O2S2. The standard InChI is InChI=1S/C10H12N2O2S2/c1-7(13)15-6-2-3-8-4-5-9(16-8)10(14)12-11/h2-5H,6,11H2,1H3,(H,12,14). The van der Waals surface area contributed by atoms with E-state index < -0.39 is 0 Å². The number of amides is 1. The highest BCUT2D eigenvalue weighted by Crippen LogP contribution is 2.18. The van der Waals surface area contributed by atoms with Gasteiger partial charge in [-0.15, -0.1) is 11.3 Å². The van der Waals surface area contributed by atoms with E-state index in [1.807, 2.05) is 18.2 Å². The van der Waals surface area contributed by atoms with Gasteiger partial charge in [-0.3, -0.25) is 15.0 Å². The first-order chi connectivity index (χ1) is 7.63. The average Bonchev–Trinajstić information content (AvgIpc) is 2.71. The highest BCUT2D eigenvalue weighted by Gasteiger charge is 2.05. The Morgan fingerprint density at radius 2 is 2.31 bits per heavy atom. The summed E-state index contributed by atoms with van der Waals surface area (Å²) >= 11 is 2.60. The number of carbonyl (C=O) groups excluding carboxylic acids is 2. The van der Waals surface area contributed by atoms with Crippen molar-refractivity contribution in [1.29, 1.82) is 0 Å². The van der Waals surface area contributed by atoms with E-state index in [-0.39, 0.29) is 11.0 Å². The molecule has 1 aromatic rings. The van der Waals surface area contributed by atoms with E-state index >= 15 is 0 Å². The van der Waals surface area contributed by atoms with Crippen LogP contribution in [0.5, 0.6) is 0 Å². The zero-order valence-corrected chi connectivity index (χ0v) is 10.4. The predicted octanol–water partition coefficient (Wildman–Crippen LogP) is 1.64. The molecule has 1 aromatic heterocycles. The van der Waals surface area contributed by atoms with Crippen LogP contribution < -0.4 is 11.3 Å². The Morgan fingerprint density at radius 1 is 1.56 bits per heavy atom. The molecule has 1 rings (SSSR count). The molecule has 1 heterocycles. The van der Waals surface area contributed by atoms with Gasteiger partial charge in [-0.25, -0.2) is 5.84 Å². The van der Waals surface area contributed by atoms with Crippen LogP contribution in [0.3, 0.4) is 0 Å². The lowest BCUT2D eigenvalue weighted by Gasteiger charge is -1.91. The molecule has 0 bridgehead atoms. The fourth-order valence-corrected chi connectivity index (χ4v) is 2.23. The third kappa shape index (κ3) is 4.18. The molecule has 86 valence electrons. The van der Waals surface area contributed by atoms with E-state index in [4.69, 9.17) is 5.84 Å². The van der Waals surface area contributed by atoms with Crippen molar-refractivity contribution in [3.63, 3.8) is 0 Å². The summed E-state index contributed by atoms with van der Waals surface area (Å²) in [7, 11) is 0. The second-order valence-corrected chi connectivity index (χ2v) is 5.19. The summed E-state index contributed by atoms with van der Waals surface area (Å²) in [5.41, 5.74) is 2.08. The van der Waals surface area contributed by atoms with Crippen molar-refractivity contribution in [3.05, 3.63) is 28.0 Å². The van der Waals surface area contributed by atoms with Crippen LogP contribution in [-0.2, 0) is 4.79 Å². The third-order valence-electron chi connectivity index (χ3n) is 1.65. The maximum Gasteiger partial charge on any atom is 0.275 e. The van der Waals surface area contributed by atoms with E-state index in [0.717, 1.165) is 4.88 Å². The maximum atomic E-state index is 11.1. The number of hydrogen-bond acceptors (Lipinski definition) is 5. The number of thioether (sulfide) groups is 1. The average molecular weight is 256 g/mol. The summed E-state index contributed by atoms with van der Waals surface area (Å²) in [4.78, 5) is 23.3. The first-order valence-corrected chi connectivity index (χ1v) is 6.34. The van der Waals surface area contributed by atoms with Crippen molar-refractivity contribution in [2.45, 2.75) is 6.92 Å². The minimum atomic E-state index is -0.289. The molecule has 3 N–H and O–H groups in total. The smallest absolute Gasteiger partial charge is 0.275 e. The summed E-state index contributed by atoms with van der Waals surface area (Å²) in [5, 5.41) is 0.0963. The van der Waals surface area contributed by atoms with Gasteiger partial charge in [0.15, 0.2) is 5.12 Å². The summed E-state index contributed by atoms with van der Waals surface area (Å²) in [5.74, 6) is 5.37. The molecule has 6 heteroatoms. The Morgan fingerprint density at radius 3 is 2.94 bits per heavy atom. The van der Waals surface area contributed by atoms with E-state index in [0.29, 0.717) is 10.6 Å². The van der Waals surface area contributed by atoms with Crippen molar-refractivity contribution in [1.82, 2.24) is 5.43 Å². The van der Waals surface area contributed by atoms with Crippen LogP contribution in [0, 0.1) is 0 Å². The summed E-state index contributed by atoms with van der Waals surface area (Å²) < 4.78 is 0. The Balaban J connectivity index is 2.52. The molecule has 0 saturated heterocycles. The number of nitrogen functional groups attached to an aromatic ring is 1. The number of hydrogen-bond donors (Lipinski definition) is 2. The number of nitrogens with two attached hydrogens (primary N) is 1. The van der Waals surface area contributed by atoms with Crippen molar-refractivity contribution in [2.24, 2.45) is 5.84 Å². The van der Waals surface area contributed by atoms with Crippen LogP contribution in [0.25, 0.3) is 6.08 Å². The van der Waals surface area contributed by atoms with Gasteiger partial charge in [0.05, 0.1) is 4.88 Å². The minimum absolute atomic E-state index is 0.0963. The lowest BCUT2D eigenvalue weighted by molar-refractivity contribution is -0.109. The van der Waals surface area contributed by atoms with Crippen LogP contribution >= 0.6 is 23.1 Å². The van der Waals surface area contributed by atoms with Crippen LogP contribution in [-0.4, -0.2) is 16.8 Å². The Kier molecular flexibility index (Phi) is 5.24. The molecule has 0 aliphatic rings. The molecule has 0 aromatic carbocycles. The van der Waals surface area contributed by atoms with E-state index in [9.17, 15) is 9.59 Å². The first kappa shape index (κ1) is 13.0. The highest BCUT2D eigenvalue weighted by molar-refractivity contribution is 8.13. The second kappa shape index (κ2) is 6.47. The molecule has 0 unspecified atom stereocenters. The number of nitrogens with one attached hydrogen (secondary N) is 1. The van der Waals surface area contributed by atoms with Gasteiger partial charge in [-0.05, 0) is 18.2 Å². The molecule has 0 saturated carbocycles. The summed E-state index contributed by atoms with van der Waals surface area (Å²) in [6.07, 6.45) is 3.77. The van der Waals surface area contributed by atoms with Crippen molar-refractivity contribution >= 4 is 40.2 Å². The zero-order chi connectivity index (χ0) is 12.0. The Bertz CT molecular complexity index is 413. The van der Waals surface area contributed by atoms with E-state index in [1.54, 1.807) is 6.07 Å². The van der Waals surface area contributed by atoms with Gasteiger partial charge in [-0.1, -0.05) is 17.8 Å². The van der Waals surface area contributed by atoms with E-state index in [1.165, 1.54) is 30.0 Å². The lowest BCUT2D eigenvalue weighted by atomic mass is 10.4. The van der Waals surface area contributed by atoms with Gasteiger partial charge in [0.2, 0.25) is 0 Å².